The van der Waals surface area contributed by atoms with Gasteiger partial charge >= 0.3 is 0 Å². The highest BCUT2D eigenvalue weighted by atomic mass is 15.1. The summed E-state index contributed by atoms with van der Waals surface area (Å²) in [5.41, 5.74) is 9.21. The fourth-order valence-electron chi connectivity index (χ4n) is 2.05. The van der Waals surface area contributed by atoms with Gasteiger partial charge in [0.1, 0.15) is 5.82 Å². The monoisotopic (exact) mass is 217 g/mol. The molecular weight excluding hydrogens is 198 g/mol. The van der Waals surface area contributed by atoms with E-state index in [1.807, 2.05) is 0 Å². The molecule has 0 saturated heterocycles. The maximum Gasteiger partial charge on any atom is 0.116 e. The average Bonchev–Trinajstić information content (AvgIpc) is 2.59. The first kappa shape index (κ1) is 11.1. The summed E-state index contributed by atoms with van der Waals surface area (Å²) in [6.45, 7) is 6.95. The first-order valence-corrected chi connectivity index (χ1v) is 5.60. The van der Waals surface area contributed by atoms with Crippen molar-refractivity contribution >= 4 is 11.0 Å². The lowest BCUT2D eigenvalue weighted by molar-refractivity contribution is 0.487. The van der Waals surface area contributed by atoms with E-state index in [9.17, 15) is 0 Å². The zero-order chi connectivity index (χ0) is 11.9. The molecule has 16 heavy (non-hydrogen) atoms. The van der Waals surface area contributed by atoms with Crippen LogP contribution in [0.25, 0.3) is 11.0 Å². The first-order valence-electron chi connectivity index (χ1n) is 5.60. The number of aryl methyl sites for hydroxylation is 2. The van der Waals surface area contributed by atoms with E-state index in [1.54, 1.807) is 0 Å². The minimum Gasteiger partial charge on any atom is -0.331 e. The quantitative estimate of drug-likeness (QED) is 0.837. The summed E-state index contributed by atoms with van der Waals surface area (Å²) in [5, 5.41) is 0. The number of aromatic nitrogens is 2. The molecule has 0 amide bonds. The van der Waals surface area contributed by atoms with Crippen molar-refractivity contribution < 1.29 is 0 Å². The van der Waals surface area contributed by atoms with Gasteiger partial charge in [-0.25, -0.2) is 4.98 Å². The molecule has 0 spiro atoms. The number of hydrogen-bond acceptors (Lipinski definition) is 2. The van der Waals surface area contributed by atoms with Gasteiger partial charge in [-0.15, -0.1) is 0 Å². The van der Waals surface area contributed by atoms with Gasteiger partial charge in [0.25, 0.3) is 0 Å². The molecule has 2 aromatic rings. The van der Waals surface area contributed by atoms with Crippen molar-refractivity contribution in [3.63, 3.8) is 0 Å². The number of imidazole rings is 1. The molecule has 0 bridgehead atoms. The third kappa shape index (κ3) is 1.52. The van der Waals surface area contributed by atoms with E-state index >= 15 is 0 Å². The molecule has 3 nitrogen and oxygen atoms in total. The van der Waals surface area contributed by atoms with Gasteiger partial charge in [0, 0.05) is 19.0 Å². The van der Waals surface area contributed by atoms with Gasteiger partial charge in [0.15, 0.2) is 0 Å². The summed E-state index contributed by atoms with van der Waals surface area (Å²) in [5.74, 6) is 1.05. The molecule has 1 aromatic heterocycles. The number of rotatable bonds is 2. The predicted octanol–water partition coefficient (Wildman–Crippen LogP) is 2.12. The summed E-state index contributed by atoms with van der Waals surface area (Å²) in [6.07, 6.45) is 0. The van der Waals surface area contributed by atoms with E-state index in [1.165, 1.54) is 11.1 Å². The van der Waals surface area contributed by atoms with Gasteiger partial charge in [-0.3, -0.25) is 0 Å². The molecule has 0 fully saturated rings. The SMILES string of the molecule is Cc1cccc2c1nc(C(C)(C)CN)n2C. The van der Waals surface area contributed by atoms with Crippen molar-refractivity contribution in [1.82, 2.24) is 9.55 Å². The van der Waals surface area contributed by atoms with Crippen LogP contribution in [0.5, 0.6) is 0 Å². The smallest absolute Gasteiger partial charge is 0.116 e. The molecule has 0 atom stereocenters. The molecule has 86 valence electrons. The Morgan fingerprint density at radius 1 is 1.38 bits per heavy atom. The summed E-state index contributed by atoms with van der Waals surface area (Å²) >= 11 is 0. The summed E-state index contributed by atoms with van der Waals surface area (Å²) in [4.78, 5) is 4.74. The number of para-hydroxylation sites is 1. The Kier molecular flexibility index (Phi) is 2.50. The molecular formula is C13H19N3. The Morgan fingerprint density at radius 2 is 2.06 bits per heavy atom. The zero-order valence-corrected chi connectivity index (χ0v) is 10.4. The first-order chi connectivity index (χ1) is 7.47. The summed E-state index contributed by atoms with van der Waals surface area (Å²) < 4.78 is 2.15. The Morgan fingerprint density at radius 3 is 2.62 bits per heavy atom. The van der Waals surface area contributed by atoms with Crippen LogP contribution in [0.15, 0.2) is 18.2 Å². The van der Waals surface area contributed by atoms with Crippen molar-refractivity contribution in [2.24, 2.45) is 12.8 Å². The van der Waals surface area contributed by atoms with Gasteiger partial charge in [0.05, 0.1) is 11.0 Å². The molecule has 0 unspecified atom stereocenters. The highest BCUT2D eigenvalue weighted by Crippen LogP contribution is 2.26. The molecule has 0 aliphatic heterocycles. The van der Waals surface area contributed by atoms with E-state index in [0.29, 0.717) is 6.54 Å². The topological polar surface area (TPSA) is 43.8 Å². The molecule has 2 rings (SSSR count). The van der Waals surface area contributed by atoms with Crippen LogP contribution in [0, 0.1) is 6.92 Å². The lowest BCUT2D eigenvalue weighted by atomic mass is 9.93. The van der Waals surface area contributed by atoms with Crippen LogP contribution < -0.4 is 5.73 Å². The molecule has 2 N–H and O–H groups in total. The van der Waals surface area contributed by atoms with Gasteiger partial charge in [0.2, 0.25) is 0 Å². The van der Waals surface area contributed by atoms with Crippen molar-refractivity contribution in [3.05, 3.63) is 29.6 Å². The average molecular weight is 217 g/mol. The Bertz CT molecular complexity index is 523. The van der Waals surface area contributed by atoms with E-state index in [0.717, 1.165) is 11.3 Å². The largest absolute Gasteiger partial charge is 0.331 e. The van der Waals surface area contributed by atoms with Crippen LogP contribution >= 0.6 is 0 Å². The number of nitrogens with zero attached hydrogens (tertiary/aromatic N) is 2. The number of hydrogen-bond donors (Lipinski definition) is 1. The molecule has 0 saturated carbocycles. The Hall–Kier alpha value is -1.35. The van der Waals surface area contributed by atoms with E-state index in [2.05, 4.69) is 50.6 Å². The summed E-state index contributed by atoms with van der Waals surface area (Å²) in [6, 6.07) is 6.26. The van der Waals surface area contributed by atoms with Crippen molar-refractivity contribution in [2.45, 2.75) is 26.2 Å². The second kappa shape index (κ2) is 3.59. The third-order valence-corrected chi connectivity index (χ3v) is 3.23. The minimum absolute atomic E-state index is 0.0831. The highest BCUT2D eigenvalue weighted by molar-refractivity contribution is 5.79. The highest BCUT2D eigenvalue weighted by Gasteiger charge is 2.25. The Balaban J connectivity index is 2.74. The van der Waals surface area contributed by atoms with Crippen LogP contribution in [-0.2, 0) is 12.5 Å². The normalized spacial score (nSPS) is 12.3. The molecule has 0 radical (unpaired) electrons. The number of nitrogens with two attached hydrogens (primary N) is 1. The maximum absolute atomic E-state index is 5.81. The van der Waals surface area contributed by atoms with Gasteiger partial charge in [-0.05, 0) is 18.6 Å². The van der Waals surface area contributed by atoms with E-state index in [-0.39, 0.29) is 5.41 Å². The lowest BCUT2D eigenvalue weighted by Gasteiger charge is -2.21. The van der Waals surface area contributed by atoms with Gasteiger partial charge < -0.3 is 10.3 Å². The molecule has 0 aliphatic rings. The molecule has 0 aliphatic carbocycles. The van der Waals surface area contributed by atoms with Gasteiger partial charge in [-0.1, -0.05) is 26.0 Å². The fourth-order valence-corrected chi connectivity index (χ4v) is 2.05. The fraction of sp³-hybridized carbons (Fsp3) is 0.462. The van der Waals surface area contributed by atoms with Crippen LogP contribution in [-0.4, -0.2) is 16.1 Å². The minimum atomic E-state index is -0.0831. The molecule has 3 heteroatoms. The second-order valence-corrected chi connectivity index (χ2v) is 5.03. The van der Waals surface area contributed by atoms with Crippen molar-refractivity contribution in [1.29, 1.82) is 0 Å². The number of benzene rings is 1. The standard InChI is InChI=1S/C13H19N3/c1-9-6-5-7-10-11(9)15-12(16(10)4)13(2,3)8-14/h5-7H,8,14H2,1-4H3. The van der Waals surface area contributed by atoms with E-state index < -0.39 is 0 Å². The van der Waals surface area contributed by atoms with Crippen LogP contribution in [0.3, 0.4) is 0 Å². The van der Waals surface area contributed by atoms with Crippen LogP contribution in [0.2, 0.25) is 0 Å². The number of fused-ring (bicyclic) bond motifs is 1. The lowest BCUT2D eigenvalue weighted by Crippen LogP contribution is -2.31. The third-order valence-electron chi connectivity index (χ3n) is 3.23. The van der Waals surface area contributed by atoms with Crippen LogP contribution in [0.1, 0.15) is 25.2 Å². The van der Waals surface area contributed by atoms with Crippen molar-refractivity contribution in [3.8, 4) is 0 Å². The predicted molar refractivity (Wildman–Crippen MR) is 67.5 cm³/mol. The van der Waals surface area contributed by atoms with Crippen LogP contribution in [0.4, 0.5) is 0 Å². The Labute approximate surface area is 96.3 Å². The summed E-state index contributed by atoms with van der Waals surface area (Å²) in [7, 11) is 2.06. The maximum atomic E-state index is 5.81. The van der Waals surface area contributed by atoms with Gasteiger partial charge in [-0.2, -0.15) is 0 Å². The van der Waals surface area contributed by atoms with Crippen molar-refractivity contribution in [2.75, 3.05) is 6.54 Å². The van der Waals surface area contributed by atoms with E-state index in [4.69, 9.17) is 10.7 Å². The molecule has 1 heterocycles. The zero-order valence-electron chi connectivity index (χ0n) is 10.4. The second-order valence-electron chi connectivity index (χ2n) is 5.03. The molecule has 1 aromatic carbocycles.